The Morgan fingerprint density at radius 1 is 1.25 bits per heavy atom. The Morgan fingerprint density at radius 3 is 2.69 bits per heavy atom. The molecule has 0 fully saturated rings. The van der Waals surface area contributed by atoms with E-state index in [0.29, 0.717) is 0 Å². The lowest BCUT2D eigenvalue weighted by Gasteiger charge is -2.06. The smallest absolute Gasteiger partial charge is 0.120 e. The molecule has 0 bridgehead atoms. The molecule has 0 unspecified atom stereocenters. The molecule has 16 heavy (non-hydrogen) atoms. The molecule has 1 N–H and O–H groups in total. The van der Waals surface area contributed by atoms with Crippen LogP contribution in [0.25, 0.3) is 0 Å². The van der Waals surface area contributed by atoms with Gasteiger partial charge in [0, 0.05) is 5.02 Å². The van der Waals surface area contributed by atoms with Crippen molar-refractivity contribution in [3.05, 3.63) is 28.8 Å². The second-order valence-corrected chi connectivity index (χ2v) is 4.28. The largest absolute Gasteiger partial charge is 0.497 e. The Morgan fingerprint density at radius 2 is 2.06 bits per heavy atom. The number of aryl methyl sites for hydroxylation is 1. The van der Waals surface area contributed by atoms with Gasteiger partial charge in [0.05, 0.1) is 7.11 Å². The molecule has 0 aliphatic heterocycles. The summed E-state index contributed by atoms with van der Waals surface area (Å²) in [6, 6.07) is 5.90. The van der Waals surface area contributed by atoms with Gasteiger partial charge in [-0.1, -0.05) is 24.1 Å². The van der Waals surface area contributed by atoms with E-state index in [0.717, 1.165) is 23.7 Å². The molecule has 0 spiro atoms. The number of rotatable bonds is 7. The number of halogens is 1. The summed E-state index contributed by atoms with van der Waals surface area (Å²) in [6.45, 7) is 1.09. The molecule has 1 rings (SSSR count). The van der Waals surface area contributed by atoms with Crippen LogP contribution in [0.1, 0.15) is 24.8 Å². The summed E-state index contributed by atoms with van der Waals surface area (Å²) < 4.78 is 5.11. The van der Waals surface area contributed by atoms with Crippen LogP contribution in [0, 0.1) is 0 Å². The van der Waals surface area contributed by atoms with E-state index in [-0.39, 0.29) is 0 Å². The van der Waals surface area contributed by atoms with Crippen LogP contribution in [0.3, 0.4) is 0 Å². The second-order valence-electron chi connectivity index (χ2n) is 3.87. The van der Waals surface area contributed by atoms with E-state index in [1.807, 2.05) is 19.2 Å². The minimum Gasteiger partial charge on any atom is -0.497 e. The predicted molar refractivity (Wildman–Crippen MR) is 69.5 cm³/mol. The zero-order valence-corrected chi connectivity index (χ0v) is 10.8. The molecule has 90 valence electrons. The average molecular weight is 242 g/mol. The Labute approximate surface area is 103 Å². The summed E-state index contributed by atoms with van der Waals surface area (Å²) in [5.41, 5.74) is 1.21. The van der Waals surface area contributed by atoms with Crippen LogP contribution in [-0.4, -0.2) is 20.7 Å². The van der Waals surface area contributed by atoms with E-state index in [2.05, 4.69) is 11.4 Å². The van der Waals surface area contributed by atoms with Crippen LogP contribution in [0.15, 0.2) is 18.2 Å². The first-order chi connectivity index (χ1) is 7.77. The average Bonchev–Trinajstić information content (AvgIpc) is 2.30. The van der Waals surface area contributed by atoms with Gasteiger partial charge >= 0.3 is 0 Å². The van der Waals surface area contributed by atoms with Crippen molar-refractivity contribution in [2.24, 2.45) is 0 Å². The third kappa shape index (κ3) is 4.42. The van der Waals surface area contributed by atoms with E-state index in [9.17, 15) is 0 Å². The van der Waals surface area contributed by atoms with Crippen molar-refractivity contribution in [2.45, 2.75) is 25.7 Å². The molecule has 0 atom stereocenters. The molecular formula is C13H20ClNO. The van der Waals surface area contributed by atoms with Crippen LogP contribution < -0.4 is 10.1 Å². The van der Waals surface area contributed by atoms with Gasteiger partial charge in [-0.2, -0.15) is 0 Å². The molecule has 0 aliphatic carbocycles. The summed E-state index contributed by atoms with van der Waals surface area (Å²) in [4.78, 5) is 0. The Balaban J connectivity index is 2.36. The minimum atomic E-state index is 0.813. The summed E-state index contributed by atoms with van der Waals surface area (Å²) >= 11 is 6.16. The highest BCUT2D eigenvalue weighted by Gasteiger charge is 2.01. The van der Waals surface area contributed by atoms with Crippen molar-refractivity contribution in [3.63, 3.8) is 0 Å². The molecule has 2 nitrogen and oxygen atoms in total. The quantitative estimate of drug-likeness (QED) is 0.740. The summed E-state index contributed by atoms with van der Waals surface area (Å²) in [5.74, 6) is 0.823. The van der Waals surface area contributed by atoms with Crippen molar-refractivity contribution in [1.82, 2.24) is 5.32 Å². The van der Waals surface area contributed by atoms with Crippen LogP contribution in [0.2, 0.25) is 5.02 Å². The molecule has 0 aliphatic rings. The van der Waals surface area contributed by atoms with E-state index >= 15 is 0 Å². The van der Waals surface area contributed by atoms with Crippen LogP contribution >= 0.6 is 11.6 Å². The third-order valence-electron chi connectivity index (χ3n) is 2.63. The normalized spacial score (nSPS) is 10.4. The standard InChI is InChI=1S/C13H20ClNO/c1-15-9-5-3-4-6-11-7-8-12(16-2)10-13(11)14/h7-8,10,15H,3-6,9H2,1-2H3. The number of hydrogen-bond acceptors (Lipinski definition) is 2. The van der Waals surface area contributed by atoms with Crippen molar-refractivity contribution < 1.29 is 4.74 Å². The third-order valence-corrected chi connectivity index (χ3v) is 2.98. The number of nitrogens with one attached hydrogen (secondary N) is 1. The molecule has 0 amide bonds. The SMILES string of the molecule is CNCCCCCc1ccc(OC)cc1Cl. The van der Waals surface area contributed by atoms with Crippen LogP contribution in [-0.2, 0) is 6.42 Å². The van der Waals surface area contributed by atoms with Gasteiger partial charge in [0.1, 0.15) is 5.75 Å². The van der Waals surface area contributed by atoms with Crippen LogP contribution in [0.4, 0.5) is 0 Å². The van der Waals surface area contributed by atoms with Crippen LogP contribution in [0.5, 0.6) is 5.75 Å². The molecule has 0 aromatic heterocycles. The highest BCUT2D eigenvalue weighted by molar-refractivity contribution is 6.31. The fourth-order valence-electron chi connectivity index (χ4n) is 1.65. The lowest BCUT2D eigenvalue weighted by atomic mass is 10.1. The first-order valence-corrected chi connectivity index (χ1v) is 6.12. The fraction of sp³-hybridized carbons (Fsp3) is 0.538. The maximum atomic E-state index is 6.16. The first kappa shape index (κ1) is 13.3. The summed E-state index contributed by atoms with van der Waals surface area (Å²) in [5, 5.41) is 3.96. The van der Waals surface area contributed by atoms with Gasteiger partial charge < -0.3 is 10.1 Å². The van der Waals surface area contributed by atoms with Gasteiger partial charge in [-0.05, 0) is 50.6 Å². The molecule has 0 heterocycles. The molecule has 1 aromatic rings. The maximum Gasteiger partial charge on any atom is 0.120 e. The Hall–Kier alpha value is -0.730. The predicted octanol–water partition coefficient (Wildman–Crippen LogP) is 3.28. The monoisotopic (exact) mass is 241 g/mol. The first-order valence-electron chi connectivity index (χ1n) is 5.75. The van der Waals surface area contributed by atoms with Crippen molar-refractivity contribution in [3.8, 4) is 5.75 Å². The van der Waals surface area contributed by atoms with E-state index in [1.165, 1.54) is 24.8 Å². The summed E-state index contributed by atoms with van der Waals surface area (Å²) in [7, 11) is 3.64. The van der Waals surface area contributed by atoms with Gasteiger partial charge in [-0.15, -0.1) is 0 Å². The topological polar surface area (TPSA) is 21.3 Å². The summed E-state index contributed by atoms with van der Waals surface area (Å²) in [6.07, 6.45) is 4.70. The zero-order chi connectivity index (χ0) is 11.8. The van der Waals surface area contributed by atoms with E-state index in [4.69, 9.17) is 16.3 Å². The van der Waals surface area contributed by atoms with E-state index in [1.54, 1.807) is 7.11 Å². The molecule has 0 radical (unpaired) electrons. The van der Waals surface area contributed by atoms with Gasteiger partial charge in [0.2, 0.25) is 0 Å². The van der Waals surface area contributed by atoms with Crippen molar-refractivity contribution in [2.75, 3.05) is 20.7 Å². The van der Waals surface area contributed by atoms with Gasteiger partial charge in [0.15, 0.2) is 0 Å². The number of methoxy groups -OCH3 is 1. The molecule has 0 saturated carbocycles. The van der Waals surface area contributed by atoms with Gasteiger partial charge in [0.25, 0.3) is 0 Å². The lowest BCUT2D eigenvalue weighted by molar-refractivity contribution is 0.414. The van der Waals surface area contributed by atoms with Gasteiger partial charge in [-0.25, -0.2) is 0 Å². The maximum absolute atomic E-state index is 6.16. The molecule has 1 aromatic carbocycles. The molecule has 0 saturated heterocycles. The zero-order valence-electron chi connectivity index (χ0n) is 10.1. The lowest BCUT2D eigenvalue weighted by Crippen LogP contribution is -2.07. The number of unbranched alkanes of at least 4 members (excludes halogenated alkanes) is 2. The minimum absolute atomic E-state index is 0.813. The van der Waals surface area contributed by atoms with Gasteiger partial charge in [-0.3, -0.25) is 0 Å². The van der Waals surface area contributed by atoms with Crippen molar-refractivity contribution >= 4 is 11.6 Å². The Kier molecular flexibility index (Phi) is 6.27. The molecular weight excluding hydrogens is 222 g/mol. The van der Waals surface area contributed by atoms with E-state index < -0.39 is 0 Å². The highest BCUT2D eigenvalue weighted by Crippen LogP contribution is 2.23. The molecule has 3 heteroatoms. The fourth-order valence-corrected chi connectivity index (χ4v) is 1.92. The number of ether oxygens (including phenoxy) is 1. The Bertz CT molecular complexity index is 315. The highest BCUT2D eigenvalue weighted by atomic mass is 35.5. The number of hydrogen-bond donors (Lipinski definition) is 1. The second kappa shape index (κ2) is 7.53. The van der Waals surface area contributed by atoms with Crippen molar-refractivity contribution in [1.29, 1.82) is 0 Å². The number of benzene rings is 1.